The van der Waals surface area contributed by atoms with Crippen molar-refractivity contribution in [3.63, 3.8) is 0 Å². The maximum Gasteiger partial charge on any atom is 0.310 e. The molecular weight excluding hydrogens is 232 g/mol. The number of carbonyl (C=O) groups excluding carboxylic acids is 1. The van der Waals surface area contributed by atoms with Gasteiger partial charge in [-0.15, -0.1) is 0 Å². The number of hydrogen-bond donors (Lipinski definition) is 0. The lowest BCUT2D eigenvalue weighted by Gasteiger charge is -2.12. The minimum atomic E-state index is -0.353. The van der Waals surface area contributed by atoms with Crippen LogP contribution in [0.15, 0.2) is 12.1 Å². The molecule has 0 saturated carbocycles. The molecule has 0 radical (unpaired) electrons. The molecule has 0 aliphatic carbocycles. The largest absolute Gasteiger partial charge is 0.493 e. The minimum Gasteiger partial charge on any atom is -0.493 e. The first-order chi connectivity index (χ1) is 7.63. The first kappa shape index (κ1) is 12.6. The van der Waals surface area contributed by atoms with Crippen LogP contribution in [0.1, 0.15) is 13.3 Å². The molecule has 0 saturated heterocycles. The van der Waals surface area contributed by atoms with Crippen LogP contribution in [-0.4, -0.2) is 20.2 Å². The fourth-order valence-electron chi connectivity index (χ4n) is 1.14. The van der Waals surface area contributed by atoms with E-state index in [-0.39, 0.29) is 23.2 Å². The van der Waals surface area contributed by atoms with Crippen LogP contribution in [-0.2, 0) is 4.79 Å². The standard InChI is InChI=1S/C11H13ClO4/c1-4-9(13)16-7-5-6-8(14-2)11(15-3)10(7)12/h5-6H,4H2,1-3H3. The van der Waals surface area contributed by atoms with Crippen LogP contribution in [0.4, 0.5) is 0 Å². The summed E-state index contributed by atoms with van der Waals surface area (Å²) in [5, 5.41) is 0.226. The Kier molecular flexibility index (Phi) is 4.43. The van der Waals surface area contributed by atoms with E-state index in [2.05, 4.69) is 0 Å². The summed E-state index contributed by atoms with van der Waals surface area (Å²) in [6.45, 7) is 1.71. The number of halogens is 1. The van der Waals surface area contributed by atoms with Gasteiger partial charge in [0.15, 0.2) is 17.2 Å². The van der Waals surface area contributed by atoms with Gasteiger partial charge in [-0.1, -0.05) is 18.5 Å². The molecule has 0 spiro atoms. The molecule has 4 nitrogen and oxygen atoms in total. The summed E-state index contributed by atoms with van der Waals surface area (Å²) in [4.78, 5) is 11.1. The van der Waals surface area contributed by atoms with E-state index in [1.54, 1.807) is 19.1 Å². The summed E-state index contributed by atoms with van der Waals surface area (Å²) in [7, 11) is 2.97. The predicted molar refractivity (Wildman–Crippen MR) is 60.5 cm³/mol. The van der Waals surface area contributed by atoms with Crippen LogP contribution in [0.5, 0.6) is 17.2 Å². The zero-order valence-electron chi connectivity index (χ0n) is 9.37. The minimum absolute atomic E-state index is 0.226. The molecule has 0 aliphatic heterocycles. The van der Waals surface area contributed by atoms with E-state index < -0.39 is 0 Å². The third-order valence-electron chi connectivity index (χ3n) is 1.96. The van der Waals surface area contributed by atoms with Gasteiger partial charge in [-0.3, -0.25) is 4.79 Å². The van der Waals surface area contributed by atoms with Gasteiger partial charge in [0.05, 0.1) is 14.2 Å². The lowest BCUT2D eigenvalue weighted by Crippen LogP contribution is -2.06. The van der Waals surface area contributed by atoms with E-state index >= 15 is 0 Å². The third kappa shape index (κ3) is 2.58. The second-order valence-corrected chi connectivity index (χ2v) is 3.32. The highest BCUT2D eigenvalue weighted by molar-refractivity contribution is 6.33. The number of benzene rings is 1. The Balaban J connectivity index is 3.08. The fourth-order valence-corrected chi connectivity index (χ4v) is 1.42. The van der Waals surface area contributed by atoms with Gasteiger partial charge in [-0.2, -0.15) is 0 Å². The molecule has 0 heterocycles. The van der Waals surface area contributed by atoms with Crippen LogP contribution in [0.25, 0.3) is 0 Å². The van der Waals surface area contributed by atoms with Crippen molar-refractivity contribution < 1.29 is 19.0 Å². The van der Waals surface area contributed by atoms with Gasteiger partial charge in [-0.25, -0.2) is 0 Å². The van der Waals surface area contributed by atoms with Crippen molar-refractivity contribution in [1.29, 1.82) is 0 Å². The average Bonchev–Trinajstić information content (AvgIpc) is 2.31. The van der Waals surface area contributed by atoms with E-state index in [0.717, 1.165) is 0 Å². The number of ether oxygens (including phenoxy) is 3. The van der Waals surface area contributed by atoms with Crippen LogP contribution < -0.4 is 14.2 Å². The van der Waals surface area contributed by atoms with Crippen molar-refractivity contribution >= 4 is 17.6 Å². The fraction of sp³-hybridized carbons (Fsp3) is 0.364. The molecule has 0 fully saturated rings. The van der Waals surface area contributed by atoms with Gasteiger partial charge >= 0.3 is 5.97 Å². The number of hydrogen-bond acceptors (Lipinski definition) is 4. The molecule has 0 aromatic heterocycles. The maximum absolute atomic E-state index is 11.1. The average molecular weight is 245 g/mol. The molecule has 5 heteroatoms. The number of esters is 1. The van der Waals surface area contributed by atoms with E-state index in [0.29, 0.717) is 11.5 Å². The summed E-state index contributed by atoms with van der Waals surface area (Å²) >= 11 is 6.01. The molecule has 1 rings (SSSR count). The SMILES string of the molecule is CCC(=O)Oc1ccc(OC)c(OC)c1Cl. The Bertz CT molecular complexity index is 390. The molecule has 1 aromatic rings. The first-order valence-electron chi connectivity index (χ1n) is 4.75. The molecule has 0 amide bonds. The van der Waals surface area contributed by atoms with Crippen molar-refractivity contribution in [2.75, 3.05) is 14.2 Å². The normalized spacial score (nSPS) is 9.75. The molecule has 0 aliphatic rings. The quantitative estimate of drug-likeness (QED) is 0.603. The molecule has 0 N–H and O–H groups in total. The van der Waals surface area contributed by atoms with Gasteiger partial charge in [0, 0.05) is 6.42 Å². The molecule has 88 valence electrons. The number of methoxy groups -OCH3 is 2. The van der Waals surface area contributed by atoms with E-state index in [1.165, 1.54) is 14.2 Å². The van der Waals surface area contributed by atoms with E-state index in [9.17, 15) is 4.79 Å². The van der Waals surface area contributed by atoms with Gasteiger partial charge in [0.1, 0.15) is 5.02 Å². The third-order valence-corrected chi connectivity index (χ3v) is 2.32. The highest BCUT2D eigenvalue weighted by atomic mass is 35.5. The van der Waals surface area contributed by atoms with Crippen LogP contribution in [0.2, 0.25) is 5.02 Å². The molecule has 1 aromatic carbocycles. The summed E-state index contributed by atoms with van der Waals surface area (Å²) in [5.41, 5.74) is 0. The Labute approximate surface area is 99.1 Å². The Morgan fingerprint density at radius 2 is 1.88 bits per heavy atom. The smallest absolute Gasteiger partial charge is 0.310 e. The second kappa shape index (κ2) is 5.61. The summed E-state index contributed by atoms with van der Waals surface area (Å²) in [6, 6.07) is 3.19. The number of carbonyl (C=O) groups is 1. The Morgan fingerprint density at radius 3 is 2.38 bits per heavy atom. The molecule has 16 heavy (non-hydrogen) atoms. The van der Waals surface area contributed by atoms with Crippen molar-refractivity contribution in [1.82, 2.24) is 0 Å². The zero-order chi connectivity index (χ0) is 12.1. The van der Waals surface area contributed by atoms with E-state index in [1.807, 2.05) is 0 Å². The topological polar surface area (TPSA) is 44.8 Å². The van der Waals surface area contributed by atoms with Crippen molar-refractivity contribution in [2.24, 2.45) is 0 Å². The van der Waals surface area contributed by atoms with Crippen LogP contribution in [0.3, 0.4) is 0 Å². The molecule has 0 unspecified atom stereocenters. The van der Waals surface area contributed by atoms with Crippen molar-refractivity contribution in [3.05, 3.63) is 17.2 Å². The molecule has 0 atom stereocenters. The molecular formula is C11H13ClO4. The Morgan fingerprint density at radius 1 is 1.25 bits per heavy atom. The Hall–Kier alpha value is -1.42. The van der Waals surface area contributed by atoms with Gasteiger partial charge in [0.2, 0.25) is 0 Å². The highest BCUT2D eigenvalue weighted by Crippen LogP contribution is 2.41. The summed E-state index contributed by atoms with van der Waals surface area (Å²) in [6.07, 6.45) is 0.282. The first-order valence-corrected chi connectivity index (χ1v) is 5.13. The van der Waals surface area contributed by atoms with E-state index in [4.69, 9.17) is 25.8 Å². The van der Waals surface area contributed by atoms with Crippen molar-refractivity contribution in [3.8, 4) is 17.2 Å². The number of rotatable bonds is 4. The lowest BCUT2D eigenvalue weighted by molar-refractivity contribution is -0.134. The second-order valence-electron chi connectivity index (χ2n) is 2.94. The van der Waals surface area contributed by atoms with Gasteiger partial charge < -0.3 is 14.2 Å². The lowest BCUT2D eigenvalue weighted by atomic mass is 10.3. The predicted octanol–water partition coefficient (Wildman–Crippen LogP) is 2.67. The monoisotopic (exact) mass is 244 g/mol. The maximum atomic E-state index is 11.1. The van der Waals surface area contributed by atoms with Crippen LogP contribution >= 0.6 is 11.6 Å². The zero-order valence-corrected chi connectivity index (χ0v) is 10.1. The van der Waals surface area contributed by atoms with Crippen LogP contribution in [0, 0.1) is 0 Å². The van der Waals surface area contributed by atoms with Gasteiger partial charge in [-0.05, 0) is 12.1 Å². The van der Waals surface area contributed by atoms with Gasteiger partial charge in [0.25, 0.3) is 0 Å². The summed E-state index contributed by atoms with van der Waals surface area (Å²) < 4.78 is 15.2. The molecule has 0 bridgehead atoms. The highest BCUT2D eigenvalue weighted by Gasteiger charge is 2.15. The van der Waals surface area contributed by atoms with Crippen molar-refractivity contribution in [2.45, 2.75) is 13.3 Å². The summed E-state index contributed by atoms with van der Waals surface area (Å²) in [5.74, 6) is 0.759.